The molecule has 3 rings (SSSR count). The van der Waals surface area contributed by atoms with E-state index in [1.807, 2.05) is 0 Å². The van der Waals surface area contributed by atoms with Crippen LogP contribution in [0.1, 0.15) is 5.56 Å². The van der Waals surface area contributed by atoms with Crippen LogP contribution in [-0.4, -0.2) is 0 Å². The Morgan fingerprint density at radius 2 is 1.29 bits per heavy atom. The van der Waals surface area contributed by atoms with Crippen molar-refractivity contribution in [2.45, 2.75) is 6.92 Å². The third-order valence-electron chi connectivity index (χ3n) is 3.22. The maximum atomic E-state index is 2.20. The SMILES string of the molecule is Cc1cccc2c(-c3ccccc3)cccc12. The summed E-state index contributed by atoms with van der Waals surface area (Å²) < 4.78 is 0. The number of hydrogen-bond acceptors (Lipinski definition) is 0. The lowest BCUT2D eigenvalue weighted by molar-refractivity contribution is 1.53. The lowest BCUT2D eigenvalue weighted by Gasteiger charge is -2.08. The van der Waals surface area contributed by atoms with Crippen LogP contribution in [0.25, 0.3) is 21.9 Å². The minimum atomic E-state index is 1.28. The van der Waals surface area contributed by atoms with E-state index in [1.54, 1.807) is 0 Å². The zero-order valence-corrected chi connectivity index (χ0v) is 9.85. The topological polar surface area (TPSA) is 0 Å². The fourth-order valence-corrected chi connectivity index (χ4v) is 2.34. The Morgan fingerprint density at radius 3 is 2.12 bits per heavy atom. The quantitative estimate of drug-likeness (QED) is 0.549. The van der Waals surface area contributed by atoms with Crippen molar-refractivity contribution in [1.29, 1.82) is 0 Å². The second kappa shape index (κ2) is 4.06. The molecule has 0 aliphatic carbocycles. The van der Waals surface area contributed by atoms with Gasteiger partial charge < -0.3 is 0 Å². The largest absolute Gasteiger partial charge is 0.0622 e. The molecule has 0 heterocycles. The van der Waals surface area contributed by atoms with Crippen LogP contribution in [0, 0.1) is 6.92 Å². The average molecular weight is 218 g/mol. The molecule has 0 fully saturated rings. The van der Waals surface area contributed by atoms with Gasteiger partial charge in [0, 0.05) is 0 Å². The standard InChI is InChI=1S/C17H14/c1-13-7-5-12-17-15(13)10-6-11-16(17)14-8-3-2-4-9-14/h2-12H,1H3. The Morgan fingerprint density at radius 1 is 0.588 bits per heavy atom. The van der Waals surface area contributed by atoms with Gasteiger partial charge >= 0.3 is 0 Å². The molecule has 0 spiro atoms. The zero-order valence-electron chi connectivity index (χ0n) is 9.85. The van der Waals surface area contributed by atoms with Crippen molar-refractivity contribution in [2.24, 2.45) is 0 Å². The van der Waals surface area contributed by atoms with E-state index in [0.29, 0.717) is 0 Å². The zero-order chi connectivity index (χ0) is 11.7. The van der Waals surface area contributed by atoms with Crippen molar-refractivity contribution in [2.75, 3.05) is 0 Å². The van der Waals surface area contributed by atoms with Gasteiger partial charge in [-0.05, 0) is 34.4 Å². The molecule has 0 nitrogen and oxygen atoms in total. The second-order valence-electron chi connectivity index (χ2n) is 4.34. The minimum Gasteiger partial charge on any atom is -0.0622 e. The Kier molecular flexibility index (Phi) is 2.41. The molecule has 17 heavy (non-hydrogen) atoms. The van der Waals surface area contributed by atoms with E-state index in [9.17, 15) is 0 Å². The van der Waals surface area contributed by atoms with Crippen molar-refractivity contribution >= 4 is 10.8 Å². The van der Waals surface area contributed by atoms with Crippen molar-refractivity contribution in [3.05, 3.63) is 72.3 Å². The molecule has 0 atom stereocenters. The maximum absolute atomic E-state index is 2.20. The van der Waals surface area contributed by atoms with Crippen molar-refractivity contribution in [3.63, 3.8) is 0 Å². The van der Waals surface area contributed by atoms with Gasteiger partial charge in [-0.15, -0.1) is 0 Å². The predicted molar refractivity (Wildman–Crippen MR) is 74.1 cm³/mol. The summed E-state index contributed by atoms with van der Waals surface area (Å²) in [5, 5.41) is 2.67. The molecule has 3 aromatic carbocycles. The molecular formula is C17H14. The van der Waals surface area contributed by atoms with Gasteiger partial charge in [0.25, 0.3) is 0 Å². The van der Waals surface area contributed by atoms with Crippen LogP contribution in [-0.2, 0) is 0 Å². The van der Waals surface area contributed by atoms with Gasteiger partial charge in [0.1, 0.15) is 0 Å². The molecule has 0 saturated carbocycles. The summed E-state index contributed by atoms with van der Waals surface area (Å²) in [4.78, 5) is 0. The van der Waals surface area contributed by atoms with Crippen LogP contribution < -0.4 is 0 Å². The summed E-state index contributed by atoms with van der Waals surface area (Å²) in [5.74, 6) is 0. The van der Waals surface area contributed by atoms with Gasteiger partial charge in [-0.1, -0.05) is 66.7 Å². The number of aryl methyl sites for hydroxylation is 1. The van der Waals surface area contributed by atoms with E-state index < -0.39 is 0 Å². The summed E-state index contributed by atoms with van der Waals surface area (Å²) in [6.07, 6.45) is 0. The average Bonchev–Trinajstić information content (AvgIpc) is 2.40. The van der Waals surface area contributed by atoms with Gasteiger partial charge in [-0.3, -0.25) is 0 Å². The highest BCUT2D eigenvalue weighted by Crippen LogP contribution is 2.29. The highest BCUT2D eigenvalue weighted by Gasteiger charge is 2.03. The highest BCUT2D eigenvalue weighted by molar-refractivity contribution is 5.98. The third-order valence-corrected chi connectivity index (χ3v) is 3.22. The van der Waals surface area contributed by atoms with Crippen LogP contribution in [0.3, 0.4) is 0 Å². The third kappa shape index (κ3) is 1.72. The van der Waals surface area contributed by atoms with Gasteiger partial charge in [-0.2, -0.15) is 0 Å². The molecule has 0 radical (unpaired) electrons. The summed E-state index contributed by atoms with van der Waals surface area (Å²) in [7, 11) is 0. The lowest BCUT2D eigenvalue weighted by atomic mass is 9.96. The van der Waals surface area contributed by atoms with Crippen LogP contribution in [0.5, 0.6) is 0 Å². The fraction of sp³-hybridized carbons (Fsp3) is 0.0588. The normalized spacial score (nSPS) is 10.6. The molecule has 0 saturated heterocycles. The van der Waals surface area contributed by atoms with Gasteiger partial charge in [0.15, 0.2) is 0 Å². The summed E-state index contributed by atoms with van der Waals surface area (Å²) in [6, 6.07) is 23.6. The Hall–Kier alpha value is -2.08. The van der Waals surface area contributed by atoms with E-state index in [-0.39, 0.29) is 0 Å². The molecular weight excluding hydrogens is 204 g/mol. The second-order valence-corrected chi connectivity index (χ2v) is 4.34. The predicted octanol–water partition coefficient (Wildman–Crippen LogP) is 4.82. The molecule has 82 valence electrons. The van der Waals surface area contributed by atoms with Gasteiger partial charge in [-0.25, -0.2) is 0 Å². The number of hydrogen-bond donors (Lipinski definition) is 0. The Bertz CT molecular complexity index is 651. The number of fused-ring (bicyclic) bond motifs is 1. The first-order chi connectivity index (χ1) is 8.36. The Labute approximate surface area is 102 Å². The van der Waals surface area contributed by atoms with Crippen molar-refractivity contribution < 1.29 is 0 Å². The first-order valence-electron chi connectivity index (χ1n) is 5.90. The van der Waals surface area contributed by atoms with Crippen molar-refractivity contribution in [1.82, 2.24) is 0 Å². The van der Waals surface area contributed by atoms with Crippen molar-refractivity contribution in [3.8, 4) is 11.1 Å². The first-order valence-corrected chi connectivity index (χ1v) is 5.90. The summed E-state index contributed by atoms with van der Waals surface area (Å²) in [5.41, 5.74) is 3.93. The fourth-order valence-electron chi connectivity index (χ4n) is 2.34. The summed E-state index contributed by atoms with van der Waals surface area (Å²) >= 11 is 0. The van der Waals surface area contributed by atoms with E-state index in [2.05, 4.69) is 73.7 Å². The van der Waals surface area contributed by atoms with Gasteiger partial charge in [0.2, 0.25) is 0 Å². The molecule has 3 aromatic rings. The van der Waals surface area contributed by atoms with Crippen LogP contribution in [0.4, 0.5) is 0 Å². The summed E-state index contributed by atoms with van der Waals surface area (Å²) in [6.45, 7) is 2.16. The van der Waals surface area contributed by atoms with Gasteiger partial charge in [0.05, 0.1) is 0 Å². The molecule has 0 amide bonds. The monoisotopic (exact) mass is 218 g/mol. The molecule has 0 N–H and O–H groups in total. The lowest BCUT2D eigenvalue weighted by Crippen LogP contribution is -1.83. The van der Waals surface area contributed by atoms with E-state index >= 15 is 0 Å². The molecule has 0 aliphatic rings. The maximum Gasteiger partial charge on any atom is -0.0103 e. The number of rotatable bonds is 1. The molecule has 0 bridgehead atoms. The van der Waals surface area contributed by atoms with Crippen LogP contribution >= 0.6 is 0 Å². The molecule has 0 aliphatic heterocycles. The first kappa shape index (κ1) is 10.1. The van der Waals surface area contributed by atoms with Crippen LogP contribution in [0.2, 0.25) is 0 Å². The van der Waals surface area contributed by atoms with E-state index in [1.165, 1.54) is 27.5 Å². The van der Waals surface area contributed by atoms with E-state index in [0.717, 1.165) is 0 Å². The van der Waals surface area contributed by atoms with E-state index in [4.69, 9.17) is 0 Å². The minimum absolute atomic E-state index is 1.28. The highest BCUT2D eigenvalue weighted by atomic mass is 14.1. The molecule has 0 unspecified atom stereocenters. The van der Waals surface area contributed by atoms with Crippen LogP contribution in [0.15, 0.2) is 66.7 Å². The molecule has 0 heteroatoms. The Balaban J connectivity index is 2.35. The molecule has 0 aromatic heterocycles. The number of benzene rings is 3. The smallest absolute Gasteiger partial charge is 0.0103 e.